The smallest absolute Gasteiger partial charge is 0.260 e. The van der Waals surface area contributed by atoms with Gasteiger partial charge in [-0.3, -0.25) is 14.2 Å². The van der Waals surface area contributed by atoms with E-state index in [4.69, 9.17) is 11.6 Å². The summed E-state index contributed by atoms with van der Waals surface area (Å²) < 4.78 is 3.43. The van der Waals surface area contributed by atoms with Gasteiger partial charge in [0.25, 0.3) is 5.91 Å². The third-order valence-electron chi connectivity index (χ3n) is 3.76. The number of halogens is 1. The van der Waals surface area contributed by atoms with E-state index in [0.717, 1.165) is 11.3 Å². The Morgan fingerprint density at radius 2 is 2.00 bits per heavy atom. The van der Waals surface area contributed by atoms with Crippen LogP contribution in [0.1, 0.15) is 27.3 Å². The predicted octanol–water partition coefficient (Wildman–Crippen LogP) is 3.19. The van der Waals surface area contributed by atoms with Crippen LogP contribution in [-0.2, 0) is 13.6 Å². The zero-order chi connectivity index (χ0) is 17.3. The normalized spacial score (nSPS) is 10.8. The van der Waals surface area contributed by atoms with Crippen molar-refractivity contribution in [3.05, 3.63) is 64.1 Å². The van der Waals surface area contributed by atoms with E-state index in [1.165, 1.54) is 0 Å². The molecule has 0 saturated heterocycles. The van der Waals surface area contributed by atoms with E-state index in [-0.39, 0.29) is 5.91 Å². The molecule has 2 aromatic heterocycles. The van der Waals surface area contributed by atoms with Gasteiger partial charge < -0.3 is 5.32 Å². The van der Waals surface area contributed by atoms with Crippen molar-refractivity contribution in [2.75, 3.05) is 5.32 Å². The van der Waals surface area contributed by atoms with E-state index >= 15 is 0 Å². The standard InChI is InChI=1S/C17H18ClN5O/c1-11-8-16(19-17(24)14-10-22(3)20-12(14)2)21-23(11)9-13-6-4-5-7-15(13)18/h4-8,10H,9H2,1-3H3,(H,19,21,24). The molecule has 0 fully saturated rings. The van der Waals surface area contributed by atoms with Crippen LogP contribution in [0.15, 0.2) is 36.5 Å². The number of nitrogens with zero attached hydrogens (tertiary/aromatic N) is 4. The summed E-state index contributed by atoms with van der Waals surface area (Å²) in [5.41, 5.74) is 3.14. The Bertz CT molecular complexity index is 896. The average molecular weight is 344 g/mol. The van der Waals surface area contributed by atoms with Gasteiger partial charge in [-0.2, -0.15) is 10.2 Å². The molecule has 124 valence electrons. The third-order valence-corrected chi connectivity index (χ3v) is 4.13. The Morgan fingerprint density at radius 3 is 2.67 bits per heavy atom. The summed E-state index contributed by atoms with van der Waals surface area (Å²) in [6.07, 6.45) is 1.69. The lowest BCUT2D eigenvalue weighted by atomic mass is 10.2. The van der Waals surface area contributed by atoms with Crippen molar-refractivity contribution in [2.45, 2.75) is 20.4 Å². The topological polar surface area (TPSA) is 64.7 Å². The first kappa shape index (κ1) is 16.3. The quantitative estimate of drug-likeness (QED) is 0.791. The molecule has 2 heterocycles. The van der Waals surface area contributed by atoms with Crippen molar-refractivity contribution in [3.63, 3.8) is 0 Å². The second-order valence-corrected chi connectivity index (χ2v) is 6.08. The Kier molecular flexibility index (Phi) is 4.40. The number of hydrogen-bond donors (Lipinski definition) is 1. The number of anilines is 1. The fraction of sp³-hybridized carbons (Fsp3) is 0.235. The van der Waals surface area contributed by atoms with Crippen LogP contribution in [0.4, 0.5) is 5.82 Å². The average Bonchev–Trinajstić information content (AvgIpc) is 3.03. The van der Waals surface area contributed by atoms with Crippen LogP contribution in [0.3, 0.4) is 0 Å². The summed E-state index contributed by atoms with van der Waals surface area (Å²) in [4.78, 5) is 12.3. The molecule has 1 N–H and O–H groups in total. The van der Waals surface area contributed by atoms with E-state index in [1.807, 2.05) is 41.9 Å². The van der Waals surface area contributed by atoms with Crippen LogP contribution < -0.4 is 5.32 Å². The van der Waals surface area contributed by atoms with Crippen molar-refractivity contribution in [2.24, 2.45) is 7.05 Å². The molecule has 0 radical (unpaired) electrons. The molecule has 6 nitrogen and oxygen atoms in total. The summed E-state index contributed by atoms with van der Waals surface area (Å²) in [7, 11) is 1.78. The van der Waals surface area contributed by atoms with Gasteiger partial charge in [0.15, 0.2) is 5.82 Å². The summed E-state index contributed by atoms with van der Waals surface area (Å²) in [5.74, 6) is 0.288. The minimum Gasteiger partial charge on any atom is -0.305 e. The van der Waals surface area contributed by atoms with Crippen LogP contribution in [0.25, 0.3) is 0 Å². The first-order valence-electron chi connectivity index (χ1n) is 7.53. The minimum absolute atomic E-state index is 0.219. The molecular formula is C17H18ClN5O. The van der Waals surface area contributed by atoms with Gasteiger partial charge in [0.1, 0.15) is 0 Å². The molecule has 0 spiro atoms. The molecular weight excluding hydrogens is 326 g/mol. The van der Waals surface area contributed by atoms with Gasteiger partial charge in [-0.25, -0.2) is 0 Å². The van der Waals surface area contributed by atoms with Gasteiger partial charge in [-0.15, -0.1) is 0 Å². The van der Waals surface area contributed by atoms with Gasteiger partial charge >= 0.3 is 0 Å². The number of rotatable bonds is 4. The van der Waals surface area contributed by atoms with Gasteiger partial charge in [0, 0.05) is 30.0 Å². The summed E-state index contributed by atoms with van der Waals surface area (Å²) in [6.45, 7) is 4.29. The molecule has 0 bridgehead atoms. The molecule has 0 saturated carbocycles. The van der Waals surface area contributed by atoms with E-state index in [1.54, 1.807) is 24.9 Å². The maximum atomic E-state index is 12.3. The van der Waals surface area contributed by atoms with Gasteiger partial charge in [0.2, 0.25) is 0 Å². The van der Waals surface area contributed by atoms with Crippen molar-refractivity contribution in [3.8, 4) is 0 Å². The van der Waals surface area contributed by atoms with Crippen molar-refractivity contribution in [1.29, 1.82) is 0 Å². The number of benzene rings is 1. The van der Waals surface area contributed by atoms with E-state index in [0.29, 0.717) is 28.6 Å². The number of aryl methyl sites for hydroxylation is 3. The zero-order valence-electron chi connectivity index (χ0n) is 13.7. The van der Waals surface area contributed by atoms with E-state index in [2.05, 4.69) is 15.5 Å². The van der Waals surface area contributed by atoms with E-state index < -0.39 is 0 Å². The first-order chi connectivity index (χ1) is 11.4. The Morgan fingerprint density at radius 1 is 1.25 bits per heavy atom. The number of nitrogens with one attached hydrogen (secondary N) is 1. The predicted molar refractivity (Wildman–Crippen MR) is 93.4 cm³/mol. The highest BCUT2D eigenvalue weighted by atomic mass is 35.5. The van der Waals surface area contributed by atoms with Crippen LogP contribution in [-0.4, -0.2) is 25.5 Å². The molecule has 3 aromatic rings. The second kappa shape index (κ2) is 6.49. The zero-order valence-corrected chi connectivity index (χ0v) is 14.5. The van der Waals surface area contributed by atoms with Crippen LogP contribution >= 0.6 is 11.6 Å². The maximum absolute atomic E-state index is 12.3. The monoisotopic (exact) mass is 343 g/mol. The molecule has 1 amide bonds. The molecule has 0 aliphatic heterocycles. The van der Waals surface area contributed by atoms with Gasteiger partial charge in [0.05, 0.1) is 17.8 Å². The van der Waals surface area contributed by atoms with Crippen LogP contribution in [0.5, 0.6) is 0 Å². The largest absolute Gasteiger partial charge is 0.305 e. The summed E-state index contributed by atoms with van der Waals surface area (Å²) in [6, 6.07) is 9.47. The van der Waals surface area contributed by atoms with Crippen molar-refractivity contribution in [1.82, 2.24) is 19.6 Å². The molecule has 1 aromatic carbocycles. The lowest BCUT2D eigenvalue weighted by molar-refractivity contribution is 0.102. The van der Waals surface area contributed by atoms with Crippen LogP contribution in [0, 0.1) is 13.8 Å². The molecule has 0 aliphatic rings. The number of carbonyl (C=O) groups is 1. The molecule has 7 heteroatoms. The van der Waals surface area contributed by atoms with Gasteiger partial charge in [-0.05, 0) is 25.5 Å². The molecule has 0 aliphatic carbocycles. The SMILES string of the molecule is Cc1nn(C)cc1C(=O)Nc1cc(C)n(Cc2ccccc2Cl)n1. The minimum atomic E-state index is -0.219. The highest BCUT2D eigenvalue weighted by Crippen LogP contribution is 2.18. The lowest BCUT2D eigenvalue weighted by Crippen LogP contribution is -2.13. The fourth-order valence-electron chi connectivity index (χ4n) is 2.53. The number of hydrogen-bond acceptors (Lipinski definition) is 3. The maximum Gasteiger partial charge on any atom is 0.260 e. The Labute approximate surface area is 145 Å². The first-order valence-corrected chi connectivity index (χ1v) is 7.91. The molecule has 3 rings (SSSR count). The third kappa shape index (κ3) is 3.33. The van der Waals surface area contributed by atoms with Gasteiger partial charge in [-0.1, -0.05) is 29.8 Å². The molecule has 0 atom stereocenters. The summed E-state index contributed by atoms with van der Waals surface area (Å²) in [5, 5.41) is 12.1. The Hall–Kier alpha value is -2.60. The number of aromatic nitrogens is 4. The Balaban J connectivity index is 1.78. The van der Waals surface area contributed by atoms with Crippen LogP contribution in [0.2, 0.25) is 5.02 Å². The number of carbonyl (C=O) groups excluding carboxylic acids is 1. The second-order valence-electron chi connectivity index (χ2n) is 5.68. The summed E-state index contributed by atoms with van der Waals surface area (Å²) >= 11 is 6.20. The highest BCUT2D eigenvalue weighted by Gasteiger charge is 2.15. The van der Waals surface area contributed by atoms with Crippen molar-refractivity contribution < 1.29 is 4.79 Å². The highest BCUT2D eigenvalue weighted by molar-refractivity contribution is 6.31. The number of amides is 1. The molecule has 24 heavy (non-hydrogen) atoms. The van der Waals surface area contributed by atoms with E-state index in [9.17, 15) is 4.79 Å². The van der Waals surface area contributed by atoms with Crippen molar-refractivity contribution >= 4 is 23.3 Å². The molecule has 0 unspecified atom stereocenters. The lowest BCUT2D eigenvalue weighted by Gasteiger charge is -2.06. The fourth-order valence-corrected chi connectivity index (χ4v) is 2.72.